The van der Waals surface area contributed by atoms with Crippen LogP contribution in [0, 0.1) is 5.41 Å². The molecule has 118 valence electrons. The number of nitrogens with two attached hydrogens (primary N) is 1. The van der Waals surface area contributed by atoms with Gasteiger partial charge in [-0.1, -0.05) is 6.42 Å². The predicted molar refractivity (Wildman–Crippen MR) is 75.5 cm³/mol. The van der Waals surface area contributed by atoms with Gasteiger partial charge in [0.2, 0.25) is 5.91 Å². The van der Waals surface area contributed by atoms with Crippen LogP contribution >= 0.6 is 0 Å². The second-order valence-corrected chi connectivity index (χ2v) is 6.22. The van der Waals surface area contributed by atoms with Crippen molar-refractivity contribution in [1.29, 1.82) is 0 Å². The summed E-state index contributed by atoms with van der Waals surface area (Å²) in [4.78, 5) is 36.7. The summed E-state index contributed by atoms with van der Waals surface area (Å²) >= 11 is 0. The third-order valence-electron chi connectivity index (χ3n) is 4.84. The smallest absolute Gasteiger partial charge is 0.318 e. The number of rotatable bonds is 3. The first-order chi connectivity index (χ1) is 9.86. The van der Waals surface area contributed by atoms with Crippen molar-refractivity contribution in [3.05, 3.63) is 0 Å². The Balaban J connectivity index is 2.06. The van der Waals surface area contributed by atoms with E-state index >= 15 is 0 Å². The van der Waals surface area contributed by atoms with Crippen LogP contribution in [0.2, 0.25) is 0 Å². The molecule has 0 bridgehead atoms. The van der Waals surface area contributed by atoms with Crippen LogP contribution in [0.5, 0.6) is 0 Å². The average Bonchev–Trinajstić information content (AvgIpc) is 2.81. The number of nitrogens with zero attached hydrogens (tertiary/aromatic N) is 1. The van der Waals surface area contributed by atoms with Crippen LogP contribution in [0.1, 0.15) is 45.4 Å². The van der Waals surface area contributed by atoms with E-state index < -0.39 is 29.4 Å². The van der Waals surface area contributed by atoms with Gasteiger partial charge in [0.15, 0.2) is 0 Å². The summed E-state index contributed by atoms with van der Waals surface area (Å²) in [5.74, 6) is -1.40. The lowest BCUT2D eigenvalue weighted by Gasteiger charge is -2.36. The number of carboxylic acids is 1. The van der Waals surface area contributed by atoms with Crippen LogP contribution in [-0.2, 0) is 9.59 Å². The van der Waals surface area contributed by atoms with Crippen LogP contribution in [0.15, 0.2) is 0 Å². The van der Waals surface area contributed by atoms with E-state index in [9.17, 15) is 19.5 Å². The Labute approximate surface area is 123 Å². The van der Waals surface area contributed by atoms with E-state index in [4.69, 9.17) is 5.73 Å². The number of nitrogens with one attached hydrogen (secondary N) is 1. The molecule has 2 fully saturated rings. The summed E-state index contributed by atoms with van der Waals surface area (Å²) in [5, 5.41) is 12.2. The highest BCUT2D eigenvalue weighted by Crippen LogP contribution is 2.38. The summed E-state index contributed by atoms with van der Waals surface area (Å²) in [5.41, 5.74) is 4.41. The molecule has 3 amide bonds. The lowest BCUT2D eigenvalue weighted by atomic mass is 9.85. The maximum absolute atomic E-state index is 12.4. The number of likely N-dealkylation sites (tertiary alicyclic amines) is 1. The predicted octanol–water partition coefficient (Wildman–Crippen LogP) is 0.679. The number of carboxylic acid groups (broad SMARTS) is 1. The van der Waals surface area contributed by atoms with Crippen LogP contribution in [0.25, 0.3) is 0 Å². The Kier molecular flexibility index (Phi) is 4.39. The molecule has 1 saturated carbocycles. The molecule has 1 aliphatic carbocycles. The maximum Gasteiger partial charge on any atom is 0.318 e. The molecule has 2 aliphatic rings. The number of hydrogen-bond acceptors (Lipinski definition) is 3. The van der Waals surface area contributed by atoms with E-state index in [1.807, 2.05) is 0 Å². The first-order valence-electron chi connectivity index (χ1n) is 7.46. The van der Waals surface area contributed by atoms with Gasteiger partial charge in [-0.05, 0) is 39.0 Å². The number of hydrogen-bond donors (Lipinski definition) is 3. The van der Waals surface area contributed by atoms with Gasteiger partial charge < -0.3 is 21.1 Å². The van der Waals surface area contributed by atoms with E-state index in [-0.39, 0.29) is 6.03 Å². The summed E-state index contributed by atoms with van der Waals surface area (Å²) < 4.78 is 0. The number of carbonyl (C=O) groups excluding carboxylic acids is 2. The van der Waals surface area contributed by atoms with Crippen molar-refractivity contribution in [2.45, 2.75) is 57.5 Å². The minimum Gasteiger partial charge on any atom is -0.481 e. The van der Waals surface area contributed by atoms with E-state index in [0.29, 0.717) is 25.8 Å². The van der Waals surface area contributed by atoms with Gasteiger partial charge in [-0.3, -0.25) is 9.59 Å². The van der Waals surface area contributed by atoms with Crippen molar-refractivity contribution >= 4 is 17.9 Å². The van der Waals surface area contributed by atoms with Crippen LogP contribution in [-0.4, -0.2) is 46.5 Å². The number of urea groups is 1. The molecule has 3 unspecified atom stereocenters. The monoisotopic (exact) mass is 297 g/mol. The fraction of sp³-hybridized carbons (Fsp3) is 0.786. The Morgan fingerprint density at radius 2 is 1.95 bits per heavy atom. The van der Waals surface area contributed by atoms with Crippen molar-refractivity contribution < 1.29 is 19.5 Å². The number of amides is 3. The molecular formula is C14H23N3O4. The first kappa shape index (κ1) is 15.6. The Hall–Kier alpha value is -1.79. The SMILES string of the molecule is CC1(C(=O)O)CCCC1NC(=O)N1CCCCC1C(N)=O. The fourth-order valence-electron chi connectivity index (χ4n) is 3.36. The molecule has 0 spiro atoms. The molecule has 0 aromatic heterocycles. The number of aliphatic carboxylic acids is 1. The van der Waals surface area contributed by atoms with Gasteiger partial charge in [-0.2, -0.15) is 0 Å². The summed E-state index contributed by atoms with van der Waals surface area (Å²) in [7, 11) is 0. The summed E-state index contributed by atoms with van der Waals surface area (Å²) in [6, 6.07) is -1.37. The van der Waals surface area contributed by atoms with Crippen molar-refractivity contribution in [3.8, 4) is 0 Å². The number of piperidine rings is 1. The fourth-order valence-corrected chi connectivity index (χ4v) is 3.36. The molecule has 0 aromatic rings. The van der Waals surface area contributed by atoms with Crippen molar-refractivity contribution in [3.63, 3.8) is 0 Å². The minimum absolute atomic E-state index is 0.377. The molecule has 1 saturated heterocycles. The average molecular weight is 297 g/mol. The minimum atomic E-state index is -0.937. The van der Waals surface area contributed by atoms with Crippen LogP contribution in [0.3, 0.4) is 0 Å². The molecule has 4 N–H and O–H groups in total. The summed E-state index contributed by atoms with van der Waals surface area (Å²) in [6.45, 7) is 2.14. The number of primary amides is 1. The van der Waals surface area contributed by atoms with Gasteiger partial charge in [-0.15, -0.1) is 0 Å². The van der Waals surface area contributed by atoms with Gasteiger partial charge in [0.1, 0.15) is 6.04 Å². The lowest BCUT2D eigenvalue weighted by Crippen LogP contribution is -2.57. The highest BCUT2D eigenvalue weighted by atomic mass is 16.4. The van der Waals surface area contributed by atoms with Gasteiger partial charge in [0, 0.05) is 12.6 Å². The molecular weight excluding hydrogens is 274 g/mol. The Bertz CT molecular complexity index is 454. The third-order valence-corrected chi connectivity index (χ3v) is 4.84. The highest BCUT2D eigenvalue weighted by molar-refractivity contribution is 5.86. The molecule has 7 heteroatoms. The zero-order valence-corrected chi connectivity index (χ0v) is 12.3. The van der Waals surface area contributed by atoms with Crippen LogP contribution < -0.4 is 11.1 Å². The van der Waals surface area contributed by atoms with Crippen LogP contribution in [0.4, 0.5) is 4.79 Å². The van der Waals surface area contributed by atoms with Crippen molar-refractivity contribution in [1.82, 2.24) is 10.2 Å². The quantitative estimate of drug-likeness (QED) is 0.711. The third kappa shape index (κ3) is 2.96. The van der Waals surface area contributed by atoms with E-state index in [1.54, 1.807) is 6.92 Å². The second-order valence-electron chi connectivity index (χ2n) is 6.22. The molecule has 1 heterocycles. The Morgan fingerprint density at radius 3 is 2.57 bits per heavy atom. The zero-order valence-electron chi connectivity index (χ0n) is 12.3. The first-order valence-corrected chi connectivity index (χ1v) is 7.46. The molecule has 2 rings (SSSR count). The normalized spacial score (nSPS) is 32.7. The summed E-state index contributed by atoms with van der Waals surface area (Å²) in [6.07, 6.45) is 4.23. The molecule has 0 aromatic carbocycles. The topological polar surface area (TPSA) is 113 Å². The second kappa shape index (κ2) is 5.91. The van der Waals surface area contributed by atoms with Gasteiger partial charge in [0.05, 0.1) is 5.41 Å². The van der Waals surface area contributed by atoms with E-state index in [2.05, 4.69) is 5.32 Å². The van der Waals surface area contributed by atoms with Crippen molar-refractivity contribution in [2.75, 3.05) is 6.54 Å². The Morgan fingerprint density at radius 1 is 1.24 bits per heavy atom. The maximum atomic E-state index is 12.4. The largest absolute Gasteiger partial charge is 0.481 e. The van der Waals surface area contributed by atoms with Gasteiger partial charge >= 0.3 is 12.0 Å². The van der Waals surface area contributed by atoms with Gasteiger partial charge in [-0.25, -0.2) is 4.79 Å². The molecule has 0 radical (unpaired) electrons. The standard InChI is InChI=1S/C14H23N3O4/c1-14(12(19)20)7-4-6-10(14)16-13(21)17-8-3-2-5-9(17)11(15)18/h9-10H,2-8H2,1H3,(H2,15,18)(H,16,21)(H,19,20). The molecule has 3 atom stereocenters. The van der Waals surface area contributed by atoms with Gasteiger partial charge in [0.25, 0.3) is 0 Å². The van der Waals surface area contributed by atoms with Crippen molar-refractivity contribution in [2.24, 2.45) is 11.1 Å². The molecule has 1 aliphatic heterocycles. The zero-order chi connectivity index (χ0) is 15.6. The molecule has 7 nitrogen and oxygen atoms in total. The van der Waals surface area contributed by atoms with E-state index in [1.165, 1.54) is 4.90 Å². The lowest BCUT2D eigenvalue weighted by molar-refractivity contribution is -0.148. The highest BCUT2D eigenvalue weighted by Gasteiger charge is 2.46. The van der Waals surface area contributed by atoms with E-state index in [0.717, 1.165) is 19.3 Å². The number of carbonyl (C=O) groups is 3. The molecule has 21 heavy (non-hydrogen) atoms.